The van der Waals surface area contributed by atoms with Crippen LogP contribution in [0.1, 0.15) is 0 Å². The molecule has 0 atom stereocenters. The van der Waals surface area contributed by atoms with Crippen molar-refractivity contribution in [3.05, 3.63) is 63.9 Å². The zero-order chi connectivity index (χ0) is 14.8. The van der Waals surface area contributed by atoms with Crippen molar-refractivity contribution in [2.75, 3.05) is 6.26 Å². The first-order chi connectivity index (χ1) is 10.2. The van der Waals surface area contributed by atoms with Crippen LogP contribution in [0.3, 0.4) is 0 Å². The van der Waals surface area contributed by atoms with E-state index in [0.717, 1.165) is 10.5 Å². The van der Waals surface area contributed by atoms with Gasteiger partial charge in [0.2, 0.25) is 0 Å². The minimum Gasteiger partial charge on any atom is -0.422 e. The van der Waals surface area contributed by atoms with Gasteiger partial charge >= 0.3 is 5.63 Å². The van der Waals surface area contributed by atoms with Crippen molar-refractivity contribution in [1.82, 2.24) is 0 Å². The van der Waals surface area contributed by atoms with Crippen LogP contribution in [0.2, 0.25) is 0 Å². The summed E-state index contributed by atoms with van der Waals surface area (Å²) in [5.41, 5.74) is 1.92. The van der Waals surface area contributed by atoms with Crippen molar-refractivity contribution in [3.8, 4) is 22.5 Å². The number of nitroso groups, excluding NO2 is 1. The number of thioether (sulfide) groups is 1. The molecule has 0 saturated carbocycles. The maximum absolute atomic E-state index is 12.1. The molecule has 0 radical (unpaired) electrons. The smallest absolute Gasteiger partial charge is 0.344 e. The van der Waals surface area contributed by atoms with E-state index in [-0.39, 0.29) is 5.63 Å². The summed E-state index contributed by atoms with van der Waals surface area (Å²) in [4.78, 5) is 23.6. The normalized spacial score (nSPS) is 10.7. The monoisotopic (exact) mass is 297 g/mol. The van der Waals surface area contributed by atoms with Crippen LogP contribution < -0.4 is 5.63 Å². The van der Waals surface area contributed by atoms with Crippen LogP contribution in [0.5, 0.6) is 0 Å². The molecule has 1 aromatic carbocycles. The van der Waals surface area contributed by atoms with Crippen LogP contribution in [-0.2, 0) is 0 Å². The lowest BCUT2D eigenvalue weighted by Crippen LogP contribution is -1.95. The third kappa shape index (κ3) is 2.48. The van der Waals surface area contributed by atoms with Crippen molar-refractivity contribution in [2.24, 2.45) is 5.18 Å². The van der Waals surface area contributed by atoms with E-state index < -0.39 is 0 Å². The van der Waals surface area contributed by atoms with E-state index in [4.69, 9.17) is 4.42 Å². The van der Waals surface area contributed by atoms with E-state index in [9.17, 15) is 9.70 Å². The Bertz CT molecular complexity index is 824. The second kappa shape index (κ2) is 5.54. The van der Waals surface area contributed by atoms with Gasteiger partial charge in [0.05, 0.1) is 5.56 Å². The Balaban J connectivity index is 2.20. The minimum absolute atomic E-state index is 0.328. The first-order valence-corrected chi connectivity index (χ1v) is 7.50. The van der Waals surface area contributed by atoms with Gasteiger partial charge in [0.15, 0.2) is 0 Å². The molecule has 0 spiro atoms. The Labute approximate surface area is 125 Å². The van der Waals surface area contributed by atoms with Crippen molar-refractivity contribution in [3.63, 3.8) is 0 Å². The lowest BCUT2D eigenvalue weighted by atomic mass is 10.0. The third-order valence-corrected chi connectivity index (χ3v) is 3.96. The third-order valence-electron chi connectivity index (χ3n) is 3.24. The van der Waals surface area contributed by atoms with Crippen molar-refractivity contribution in [2.45, 2.75) is 4.90 Å². The quantitative estimate of drug-likeness (QED) is 0.526. The summed E-state index contributed by atoms with van der Waals surface area (Å²) in [6.07, 6.45) is 1.97. The number of benzene rings is 1. The van der Waals surface area contributed by atoms with Gasteiger partial charge in [-0.05, 0) is 41.3 Å². The summed E-state index contributed by atoms with van der Waals surface area (Å²) >= 11 is 1.58. The van der Waals surface area contributed by atoms with Crippen molar-refractivity contribution in [1.29, 1.82) is 0 Å². The largest absolute Gasteiger partial charge is 0.422 e. The molecule has 5 heteroatoms. The molecule has 0 unspecified atom stereocenters. The summed E-state index contributed by atoms with van der Waals surface area (Å²) in [5.74, 6) is 0.557. The number of furan rings is 1. The SMILES string of the molecule is CSc1cccc2c(-c3ccc(N=O)cc3)c(=O)oc-2c1. The fraction of sp³-hybridized carbons (Fsp3) is 0.0625. The van der Waals surface area contributed by atoms with Gasteiger partial charge in [-0.2, -0.15) is 0 Å². The molecular formula is C16H11NO3S. The Kier molecular flexibility index (Phi) is 3.58. The van der Waals surface area contributed by atoms with Crippen molar-refractivity contribution >= 4 is 17.4 Å². The number of nitrogens with zero attached hydrogens (tertiary/aromatic N) is 1. The van der Waals surface area contributed by atoms with Gasteiger partial charge in [-0.15, -0.1) is 16.7 Å². The standard InChI is InChI=1S/C16H11NO3S/c1-21-12-3-2-4-13-14(9-12)20-16(18)15(13)10-5-7-11(17-19)8-6-10/h2-9H,1H3. The van der Waals surface area contributed by atoms with Gasteiger partial charge in [-0.3, -0.25) is 0 Å². The van der Waals surface area contributed by atoms with Crippen molar-refractivity contribution < 1.29 is 4.42 Å². The van der Waals surface area contributed by atoms with Crippen LogP contribution in [0.25, 0.3) is 22.5 Å². The maximum atomic E-state index is 12.1. The molecule has 0 amide bonds. The molecule has 0 N–H and O–H groups in total. The molecule has 3 rings (SSSR count). The summed E-state index contributed by atoms with van der Waals surface area (Å²) in [6, 6.07) is 14.1. The molecule has 0 fully saturated rings. The van der Waals surface area contributed by atoms with Gasteiger partial charge in [0.1, 0.15) is 11.4 Å². The molecule has 1 aliphatic carbocycles. The number of hydrogen-bond acceptors (Lipinski definition) is 5. The summed E-state index contributed by atoms with van der Waals surface area (Å²) < 4.78 is 5.36. The fourth-order valence-electron chi connectivity index (χ4n) is 2.22. The van der Waals surface area contributed by atoms with E-state index >= 15 is 0 Å². The van der Waals surface area contributed by atoms with Crippen LogP contribution in [0, 0.1) is 4.91 Å². The highest BCUT2D eigenvalue weighted by molar-refractivity contribution is 7.98. The topological polar surface area (TPSA) is 59.6 Å². The molecule has 1 aliphatic heterocycles. The highest BCUT2D eigenvalue weighted by Gasteiger charge is 2.18. The molecule has 0 bridgehead atoms. The van der Waals surface area contributed by atoms with E-state index in [1.807, 2.05) is 30.5 Å². The second-order valence-corrected chi connectivity index (χ2v) is 5.34. The molecule has 21 heavy (non-hydrogen) atoms. The zero-order valence-corrected chi connectivity index (χ0v) is 12.0. The van der Waals surface area contributed by atoms with Gasteiger partial charge in [0.25, 0.3) is 0 Å². The molecular weight excluding hydrogens is 286 g/mol. The molecule has 1 heterocycles. The average Bonchev–Trinajstić information content (AvgIpc) is 2.69. The van der Waals surface area contributed by atoms with Gasteiger partial charge < -0.3 is 4.42 Å². The number of rotatable bonds is 3. The predicted molar refractivity (Wildman–Crippen MR) is 84.3 cm³/mol. The first kappa shape index (κ1) is 13.6. The summed E-state index contributed by atoms with van der Waals surface area (Å²) in [6.45, 7) is 0. The number of fused-ring (bicyclic) bond motifs is 1. The Morgan fingerprint density at radius 1 is 1.10 bits per heavy atom. The lowest BCUT2D eigenvalue weighted by Gasteiger charge is -1.98. The Morgan fingerprint density at radius 3 is 2.52 bits per heavy atom. The molecule has 4 nitrogen and oxygen atoms in total. The van der Waals surface area contributed by atoms with Gasteiger partial charge in [0, 0.05) is 10.5 Å². The first-order valence-electron chi connectivity index (χ1n) is 6.27. The van der Waals surface area contributed by atoms with Crippen LogP contribution in [0.4, 0.5) is 5.69 Å². The molecule has 2 aliphatic rings. The summed E-state index contributed by atoms with van der Waals surface area (Å²) in [7, 11) is 0. The Hall–Kier alpha value is -2.40. The predicted octanol–water partition coefficient (Wildman–Crippen LogP) is 4.53. The van der Waals surface area contributed by atoms with Gasteiger partial charge in [-0.25, -0.2) is 4.79 Å². The Morgan fingerprint density at radius 2 is 1.86 bits per heavy atom. The van der Waals surface area contributed by atoms with E-state index in [2.05, 4.69) is 5.18 Å². The summed E-state index contributed by atoms with van der Waals surface area (Å²) in [5, 5.41) is 2.86. The lowest BCUT2D eigenvalue weighted by molar-refractivity contribution is 0.545. The van der Waals surface area contributed by atoms with E-state index in [1.54, 1.807) is 36.0 Å². The molecule has 0 aromatic heterocycles. The number of hydrogen-bond donors (Lipinski definition) is 0. The highest BCUT2D eigenvalue weighted by atomic mass is 32.2. The van der Waals surface area contributed by atoms with Gasteiger partial charge in [-0.1, -0.05) is 24.3 Å². The molecule has 1 aromatic rings. The fourth-order valence-corrected chi connectivity index (χ4v) is 2.66. The second-order valence-electron chi connectivity index (χ2n) is 4.46. The minimum atomic E-state index is -0.380. The van der Waals surface area contributed by atoms with Crippen LogP contribution >= 0.6 is 11.8 Å². The van der Waals surface area contributed by atoms with Crippen LogP contribution in [-0.4, -0.2) is 6.26 Å². The average molecular weight is 297 g/mol. The highest BCUT2D eigenvalue weighted by Crippen LogP contribution is 2.33. The maximum Gasteiger partial charge on any atom is 0.344 e. The molecule has 104 valence electrons. The van der Waals surface area contributed by atoms with Crippen LogP contribution in [0.15, 0.2) is 67.8 Å². The van der Waals surface area contributed by atoms with E-state index in [0.29, 0.717) is 22.6 Å². The zero-order valence-electron chi connectivity index (χ0n) is 11.2. The van der Waals surface area contributed by atoms with E-state index in [1.165, 1.54) is 0 Å². The molecule has 0 saturated heterocycles.